The van der Waals surface area contributed by atoms with Gasteiger partial charge in [0.05, 0.1) is 0 Å². The molecule has 0 bridgehead atoms. The summed E-state index contributed by atoms with van der Waals surface area (Å²) in [4.78, 5) is 14.9. The smallest absolute Gasteiger partial charge is 0.462 e. The van der Waals surface area contributed by atoms with E-state index in [1.165, 1.54) is 0 Å². The van der Waals surface area contributed by atoms with Gasteiger partial charge in [0.2, 0.25) is 0 Å². The van der Waals surface area contributed by atoms with Crippen LogP contribution in [-0.4, -0.2) is 49.3 Å². The molecule has 0 aromatic heterocycles. The Bertz CT molecular complexity index is 187. The SMILES string of the molecule is [CH2-]C(=O)CC(CC)CN(C)CC.[CH2-]N(C)CC.[W+2]. The van der Waals surface area contributed by atoms with Crippen LogP contribution in [0, 0.1) is 19.9 Å². The molecule has 0 rings (SSSR count). The summed E-state index contributed by atoms with van der Waals surface area (Å²) in [5, 5.41) is 0. The number of hydrogen-bond acceptors (Lipinski definition) is 3. The van der Waals surface area contributed by atoms with Crippen LogP contribution in [0.2, 0.25) is 0 Å². The molecule has 0 heterocycles. The maximum absolute atomic E-state index is 10.8. The Labute approximate surface area is 129 Å². The van der Waals surface area contributed by atoms with Crippen molar-refractivity contribution in [3.8, 4) is 0 Å². The molecule has 4 heteroatoms. The first-order valence-corrected chi connectivity index (χ1v) is 6.42. The maximum Gasteiger partial charge on any atom is 2.00 e. The molecule has 1 atom stereocenters. The van der Waals surface area contributed by atoms with Crippen LogP contribution in [-0.2, 0) is 25.9 Å². The average molecular weight is 426 g/mol. The fourth-order valence-corrected chi connectivity index (χ4v) is 1.23. The van der Waals surface area contributed by atoms with Gasteiger partial charge >= 0.3 is 21.1 Å². The Hall–Kier alpha value is 0.148. The molecule has 0 aromatic carbocycles. The topological polar surface area (TPSA) is 23.6 Å². The fraction of sp³-hybridized carbons (Fsp3) is 0.786. The van der Waals surface area contributed by atoms with Gasteiger partial charge in [-0.25, -0.2) is 0 Å². The summed E-state index contributed by atoms with van der Waals surface area (Å²) >= 11 is 0. The van der Waals surface area contributed by atoms with Crippen molar-refractivity contribution in [1.82, 2.24) is 9.80 Å². The van der Waals surface area contributed by atoms with E-state index >= 15 is 0 Å². The third kappa shape index (κ3) is 18.5. The molecule has 0 radical (unpaired) electrons. The van der Waals surface area contributed by atoms with E-state index in [0.29, 0.717) is 12.3 Å². The van der Waals surface area contributed by atoms with Gasteiger partial charge in [0.1, 0.15) is 0 Å². The molecule has 0 fully saturated rings. The van der Waals surface area contributed by atoms with E-state index < -0.39 is 0 Å². The van der Waals surface area contributed by atoms with Crippen molar-refractivity contribution in [2.24, 2.45) is 5.92 Å². The molecular formula is C14H30N2OW. The average Bonchev–Trinajstić information content (AvgIpc) is 2.27. The van der Waals surface area contributed by atoms with E-state index in [-0.39, 0.29) is 26.8 Å². The normalized spacial score (nSPS) is 11.6. The van der Waals surface area contributed by atoms with Gasteiger partial charge in [-0.05, 0) is 45.3 Å². The van der Waals surface area contributed by atoms with Crippen molar-refractivity contribution in [2.45, 2.75) is 33.6 Å². The van der Waals surface area contributed by atoms with Crippen LogP contribution < -0.4 is 0 Å². The Kier molecular flexibility index (Phi) is 19.6. The van der Waals surface area contributed by atoms with Crippen molar-refractivity contribution < 1.29 is 25.9 Å². The summed E-state index contributed by atoms with van der Waals surface area (Å²) in [5.41, 5.74) is 0. The van der Waals surface area contributed by atoms with Gasteiger partial charge in [0, 0.05) is 6.54 Å². The van der Waals surface area contributed by atoms with Crippen LogP contribution in [0.1, 0.15) is 33.6 Å². The fourth-order valence-electron chi connectivity index (χ4n) is 1.23. The van der Waals surface area contributed by atoms with Crippen molar-refractivity contribution in [2.75, 3.05) is 33.7 Å². The largest absolute Gasteiger partial charge is 2.00 e. The number of carbonyl (C=O) groups is 1. The number of hydrogen-bond donors (Lipinski definition) is 0. The summed E-state index contributed by atoms with van der Waals surface area (Å²) in [7, 11) is 7.61. The molecule has 0 N–H and O–H groups in total. The Morgan fingerprint density at radius 3 is 1.83 bits per heavy atom. The van der Waals surface area contributed by atoms with Crippen molar-refractivity contribution in [1.29, 1.82) is 0 Å². The number of rotatable bonds is 7. The Balaban J connectivity index is -0.000000321. The summed E-state index contributed by atoms with van der Waals surface area (Å²) < 4.78 is 0. The zero-order chi connectivity index (χ0) is 13.8. The third-order valence-corrected chi connectivity index (χ3v) is 2.74. The predicted octanol–water partition coefficient (Wildman–Crippen LogP) is 2.48. The van der Waals surface area contributed by atoms with Gasteiger partial charge in [-0.15, -0.1) is 0 Å². The van der Waals surface area contributed by atoms with E-state index in [4.69, 9.17) is 0 Å². The Morgan fingerprint density at radius 1 is 1.17 bits per heavy atom. The first-order valence-electron chi connectivity index (χ1n) is 6.42. The molecular weight excluding hydrogens is 396 g/mol. The Morgan fingerprint density at radius 2 is 1.61 bits per heavy atom. The minimum Gasteiger partial charge on any atom is -0.462 e. The van der Waals surface area contributed by atoms with Crippen molar-refractivity contribution >= 4 is 5.78 Å². The second kappa shape index (κ2) is 15.2. The molecule has 1 unspecified atom stereocenters. The monoisotopic (exact) mass is 426 g/mol. The van der Waals surface area contributed by atoms with Crippen LogP contribution in [0.4, 0.5) is 0 Å². The molecule has 0 aromatic rings. The quantitative estimate of drug-likeness (QED) is 0.585. The van der Waals surface area contributed by atoms with Gasteiger partial charge < -0.3 is 21.5 Å². The minimum atomic E-state index is 0. The second-order valence-corrected chi connectivity index (χ2v) is 4.54. The maximum atomic E-state index is 10.8. The van der Waals surface area contributed by atoms with Gasteiger partial charge in [0.25, 0.3) is 0 Å². The first-order chi connectivity index (χ1) is 7.87. The van der Waals surface area contributed by atoms with Crippen molar-refractivity contribution in [3.05, 3.63) is 14.0 Å². The number of ketones is 1. The molecule has 3 nitrogen and oxygen atoms in total. The number of carbonyl (C=O) groups excluding carboxylic acids is 1. The first kappa shape index (κ1) is 23.3. The molecule has 108 valence electrons. The predicted molar refractivity (Wildman–Crippen MR) is 75.6 cm³/mol. The summed E-state index contributed by atoms with van der Waals surface area (Å²) in [6.45, 7) is 12.8. The molecule has 0 spiro atoms. The standard InChI is InChI=1S/C10H20NO.C4H10N.W/c1-5-10(7-9(3)12)8-11(4)6-2;1-4-5(2)3;/h10H,3,5-8H2,1-2,4H3;2,4H2,1,3H3;/q2*-1;+2. The third-order valence-electron chi connectivity index (χ3n) is 2.74. The summed E-state index contributed by atoms with van der Waals surface area (Å²) in [6.07, 6.45) is 1.69. The zero-order valence-electron chi connectivity index (χ0n) is 12.7. The van der Waals surface area contributed by atoms with Gasteiger partial charge in [-0.1, -0.05) is 27.2 Å². The molecule has 0 aliphatic rings. The van der Waals surface area contributed by atoms with E-state index in [0.717, 1.165) is 26.1 Å². The van der Waals surface area contributed by atoms with Gasteiger partial charge in [-0.3, -0.25) is 7.05 Å². The molecule has 0 saturated heterocycles. The van der Waals surface area contributed by atoms with Crippen LogP contribution in [0.3, 0.4) is 0 Å². The van der Waals surface area contributed by atoms with Crippen LogP contribution in [0.5, 0.6) is 0 Å². The molecule has 0 amide bonds. The summed E-state index contributed by atoms with van der Waals surface area (Å²) in [6, 6.07) is 0. The second-order valence-electron chi connectivity index (χ2n) is 4.54. The minimum absolute atomic E-state index is 0. The van der Waals surface area contributed by atoms with E-state index in [1.54, 1.807) is 0 Å². The van der Waals surface area contributed by atoms with E-state index in [2.05, 4.69) is 46.7 Å². The van der Waals surface area contributed by atoms with Crippen LogP contribution >= 0.6 is 0 Å². The summed E-state index contributed by atoms with van der Waals surface area (Å²) in [5.74, 6) is 0.548. The molecule has 0 aliphatic carbocycles. The molecule has 18 heavy (non-hydrogen) atoms. The molecule has 0 saturated carbocycles. The zero-order valence-corrected chi connectivity index (χ0v) is 15.7. The van der Waals surface area contributed by atoms with Crippen LogP contribution in [0.25, 0.3) is 0 Å². The molecule has 0 aliphatic heterocycles. The van der Waals surface area contributed by atoms with Gasteiger partial charge in [-0.2, -0.15) is 0 Å². The van der Waals surface area contributed by atoms with Crippen LogP contribution in [0.15, 0.2) is 0 Å². The van der Waals surface area contributed by atoms with Gasteiger partial charge in [0.15, 0.2) is 0 Å². The van der Waals surface area contributed by atoms with E-state index in [1.807, 2.05) is 11.9 Å². The number of nitrogens with zero attached hydrogens (tertiary/aromatic N) is 2. The van der Waals surface area contributed by atoms with E-state index in [9.17, 15) is 4.79 Å². The van der Waals surface area contributed by atoms with Crippen molar-refractivity contribution in [3.63, 3.8) is 0 Å². The number of Topliss-reactive ketones (excluding diaryl/α,β-unsaturated/α-hetero) is 1.